The number of halogens is 1. The minimum absolute atomic E-state index is 0.282. The number of nitrogens with one attached hydrogen (secondary N) is 1. The Morgan fingerprint density at radius 1 is 1.35 bits per heavy atom. The normalized spacial score (nSPS) is 13.4. The highest BCUT2D eigenvalue weighted by Crippen LogP contribution is 2.18. The maximum absolute atomic E-state index is 12.3. The Balaban J connectivity index is 2.99. The average Bonchev–Trinajstić information content (AvgIpc) is 2.36. The van der Waals surface area contributed by atoms with E-state index in [0.29, 0.717) is 12.0 Å². The smallest absolute Gasteiger partial charge is 0.331 e. The number of rotatable bonds is 5. The van der Waals surface area contributed by atoms with Gasteiger partial charge in [-0.2, -0.15) is 0 Å². The molecule has 5 heteroatoms. The van der Waals surface area contributed by atoms with Crippen LogP contribution < -0.4 is 5.32 Å². The van der Waals surface area contributed by atoms with Gasteiger partial charge in [-0.05, 0) is 44.0 Å². The lowest BCUT2D eigenvalue weighted by Gasteiger charge is -2.27. The van der Waals surface area contributed by atoms with Crippen LogP contribution in [-0.4, -0.2) is 24.5 Å². The third-order valence-electron chi connectivity index (χ3n) is 3.08. The van der Waals surface area contributed by atoms with Crippen LogP contribution >= 0.6 is 15.9 Å². The first kappa shape index (κ1) is 16.7. The molecule has 110 valence electrons. The van der Waals surface area contributed by atoms with E-state index in [-0.39, 0.29) is 5.91 Å². The average molecular weight is 342 g/mol. The number of aryl methyl sites for hydroxylation is 1. The first-order chi connectivity index (χ1) is 9.32. The van der Waals surface area contributed by atoms with Gasteiger partial charge in [0.05, 0.1) is 7.11 Å². The van der Waals surface area contributed by atoms with Crippen molar-refractivity contribution in [1.82, 2.24) is 5.32 Å². The van der Waals surface area contributed by atoms with E-state index in [9.17, 15) is 9.59 Å². The van der Waals surface area contributed by atoms with Crippen LogP contribution in [0.4, 0.5) is 0 Å². The summed E-state index contributed by atoms with van der Waals surface area (Å²) in [6.45, 7) is 5.55. The molecule has 0 radical (unpaired) electrons. The van der Waals surface area contributed by atoms with Crippen molar-refractivity contribution in [2.24, 2.45) is 0 Å². The lowest BCUT2D eigenvalue weighted by Crippen LogP contribution is -2.52. The Morgan fingerprint density at radius 2 is 2.00 bits per heavy atom. The Kier molecular flexibility index (Phi) is 5.74. The number of benzene rings is 1. The van der Waals surface area contributed by atoms with Gasteiger partial charge in [0.1, 0.15) is 5.54 Å². The van der Waals surface area contributed by atoms with Crippen LogP contribution in [-0.2, 0) is 9.53 Å². The van der Waals surface area contributed by atoms with Crippen molar-refractivity contribution in [2.75, 3.05) is 7.11 Å². The number of esters is 1. The maximum Gasteiger partial charge on any atom is 0.331 e. The van der Waals surface area contributed by atoms with Gasteiger partial charge in [-0.3, -0.25) is 4.79 Å². The molecule has 0 heterocycles. The maximum atomic E-state index is 12.3. The van der Waals surface area contributed by atoms with Gasteiger partial charge in [0.2, 0.25) is 0 Å². The van der Waals surface area contributed by atoms with E-state index in [1.54, 1.807) is 19.1 Å². The van der Waals surface area contributed by atoms with Gasteiger partial charge in [-0.1, -0.05) is 29.3 Å². The molecule has 1 aromatic carbocycles. The molecule has 1 atom stereocenters. The van der Waals surface area contributed by atoms with Gasteiger partial charge in [0.25, 0.3) is 5.91 Å². The fourth-order valence-electron chi connectivity index (χ4n) is 2.13. The predicted octanol–water partition coefficient (Wildman–Crippen LogP) is 3.22. The van der Waals surface area contributed by atoms with E-state index in [4.69, 9.17) is 4.74 Å². The molecular weight excluding hydrogens is 322 g/mol. The molecule has 20 heavy (non-hydrogen) atoms. The van der Waals surface area contributed by atoms with Crippen molar-refractivity contribution >= 4 is 27.8 Å². The van der Waals surface area contributed by atoms with Crippen molar-refractivity contribution in [1.29, 1.82) is 0 Å². The number of carbonyl (C=O) groups is 2. The van der Waals surface area contributed by atoms with Gasteiger partial charge in [0, 0.05) is 10.0 Å². The van der Waals surface area contributed by atoms with E-state index in [1.807, 2.05) is 19.9 Å². The molecule has 0 aliphatic rings. The molecular formula is C15H20BrNO3. The van der Waals surface area contributed by atoms with E-state index in [0.717, 1.165) is 16.5 Å². The van der Waals surface area contributed by atoms with Crippen molar-refractivity contribution in [3.63, 3.8) is 0 Å². The second-order valence-corrected chi connectivity index (χ2v) is 5.96. The van der Waals surface area contributed by atoms with Crippen LogP contribution in [0.3, 0.4) is 0 Å². The van der Waals surface area contributed by atoms with Crippen molar-refractivity contribution < 1.29 is 14.3 Å². The second-order valence-electron chi connectivity index (χ2n) is 5.05. The summed E-state index contributed by atoms with van der Waals surface area (Å²) in [5.74, 6) is -0.713. The van der Waals surface area contributed by atoms with Gasteiger partial charge in [0.15, 0.2) is 0 Å². The summed E-state index contributed by atoms with van der Waals surface area (Å²) < 4.78 is 5.62. The zero-order valence-electron chi connectivity index (χ0n) is 12.2. The summed E-state index contributed by atoms with van der Waals surface area (Å²) in [6, 6.07) is 5.43. The van der Waals surface area contributed by atoms with Crippen molar-refractivity contribution in [3.8, 4) is 0 Å². The highest BCUT2D eigenvalue weighted by atomic mass is 79.9. The summed E-state index contributed by atoms with van der Waals surface area (Å²) in [4.78, 5) is 24.2. The van der Waals surface area contributed by atoms with Crippen LogP contribution in [0, 0.1) is 6.92 Å². The number of carbonyl (C=O) groups excluding carboxylic acids is 2. The lowest BCUT2D eigenvalue weighted by atomic mass is 9.95. The Hall–Kier alpha value is -1.36. The molecule has 4 nitrogen and oxygen atoms in total. The summed E-state index contributed by atoms with van der Waals surface area (Å²) in [5, 5.41) is 2.78. The molecule has 0 aliphatic heterocycles. The molecule has 0 fully saturated rings. The first-order valence-electron chi connectivity index (χ1n) is 6.50. The van der Waals surface area contributed by atoms with Crippen LogP contribution in [0.5, 0.6) is 0 Å². The molecule has 0 aliphatic carbocycles. The highest BCUT2D eigenvalue weighted by molar-refractivity contribution is 9.10. The molecule has 1 N–H and O–H groups in total. The van der Waals surface area contributed by atoms with Crippen LogP contribution in [0.2, 0.25) is 0 Å². The highest BCUT2D eigenvalue weighted by Gasteiger charge is 2.35. The third-order valence-corrected chi connectivity index (χ3v) is 3.54. The summed E-state index contributed by atoms with van der Waals surface area (Å²) >= 11 is 3.36. The molecule has 0 aromatic heterocycles. The van der Waals surface area contributed by atoms with Crippen molar-refractivity contribution in [2.45, 2.75) is 39.2 Å². The van der Waals surface area contributed by atoms with E-state index >= 15 is 0 Å². The number of ether oxygens (including phenoxy) is 1. The lowest BCUT2D eigenvalue weighted by molar-refractivity contribution is -0.147. The SMILES string of the molecule is CCCC(C)(NC(=O)c1cc(C)cc(Br)c1)C(=O)OC. The fourth-order valence-corrected chi connectivity index (χ4v) is 2.74. The zero-order valence-corrected chi connectivity index (χ0v) is 13.8. The van der Waals surface area contributed by atoms with Gasteiger partial charge in [-0.25, -0.2) is 4.79 Å². The first-order valence-corrected chi connectivity index (χ1v) is 7.30. The topological polar surface area (TPSA) is 55.4 Å². The quantitative estimate of drug-likeness (QED) is 0.836. The second kappa shape index (κ2) is 6.88. The van der Waals surface area contributed by atoms with E-state index in [2.05, 4.69) is 21.2 Å². The molecule has 1 amide bonds. The molecule has 0 saturated carbocycles. The van der Waals surface area contributed by atoms with Crippen molar-refractivity contribution in [3.05, 3.63) is 33.8 Å². The van der Waals surface area contributed by atoms with Gasteiger partial charge >= 0.3 is 5.97 Å². The van der Waals surface area contributed by atoms with E-state index in [1.165, 1.54) is 7.11 Å². The summed E-state index contributed by atoms with van der Waals surface area (Å²) in [7, 11) is 1.33. The molecule has 1 unspecified atom stereocenters. The number of amides is 1. The Bertz CT molecular complexity index is 496. The van der Waals surface area contributed by atoms with Crippen LogP contribution in [0.25, 0.3) is 0 Å². The minimum Gasteiger partial charge on any atom is -0.467 e. The standard InChI is InChI=1S/C15H20BrNO3/c1-5-6-15(3,14(19)20-4)17-13(18)11-7-10(2)8-12(16)9-11/h7-9H,5-6H2,1-4H3,(H,17,18). The minimum atomic E-state index is -1.00. The van der Waals surface area contributed by atoms with Crippen LogP contribution in [0.1, 0.15) is 42.6 Å². The molecule has 1 aromatic rings. The molecule has 0 saturated heterocycles. The molecule has 1 rings (SSSR count). The van der Waals surface area contributed by atoms with Crippen LogP contribution in [0.15, 0.2) is 22.7 Å². The predicted molar refractivity (Wildman–Crippen MR) is 81.7 cm³/mol. The van der Waals surface area contributed by atoms with Gasteiger partial charge in [-0.15, -0.1) is 0 Å². The summed E-state index contributed by atoms with van der Waals surface area (Å²) in [6.07, 6.45) is 1.29. The summed E-state index contributed by atoms with van der Waals surface area (Å²) in [5.41, 5.74) is 0.486. The molecule has 0 spiro atoms. The zero-order chi connectivity index (χ0) is 15.3. The number of methoxy groups -OCH3 is 1. The number of hydrogen-bond donors (Lipinski definition) is 1. The van der Waals surface area contributed by atoms with E-state index < -0.39 is 11.5 Å². The largest absolute Gasteiger partial charge is 0.467 e. The monoisotopic (exact) mass is 341 g/mol. The number of hydrogen-bond acceptors (Lipinski definition) is 3. The fraction of sp³-hybridized carbons (Fsp3) is 0.467. The molecule has 0 bridgehead atoms. The Morgan fingerprint density at radius 3 is 2.50 bits per heavy atom. The Labute approximate surface area is 128 Å². The van der Waals surface area contributed by atoms with Gasteiger partial charge < -0.3 is 10.1 Å². The third kappa shape index (κ3) is 4.07.